The molecule has 0 saturated carbocycles. The number of fused-ring (bicyclic) bond motifs is 1. The number of thioether (sulfide) groups is 1. The zero-order valence-electron chi connectivity index (χ0n) is 13.5. The van der Waals surface area contributed by atoms with E-state index in [1.807, 2.05) is 18.2 Å². The first-order valence-corrected chi connectivity index (χ1v) is 8.82. The van der Waals surface area contributed by atoms with Crippen LogP contribution in [0.1, 0.15) is 5.56 Å². The molecule has 0 atom stereocenters. The van der Waals surface area contributed by atoms with Crippen LogP contribution in [0.4, 0.5) is 5.69 Å². The smallest absolute Gasteiger partial charge is 0.258 e. The molecule has 0 aliphatic carbocycles. The fraction of sp³-hybridized carbons (Fsp3) is 0.0556. The van der Waals surface area contributed by atoms with Gasteiger partial charge in [-0.15, -0.1) is 5.10 Å². The van der Waals surface area contributed by atoms with E-state index in [0.717, 1.165) is 5.75 Å². The van der Waals surface area contributed by atoms with Crippen LogP contribution in [0.25, 0.3) is 17.0 Å². The number of hydrogen-bond donors (Lipinski definition) is 0. The van der Waals surface area contributed by atoms with Gasteiger partial charge in [-0.2, -0.15) is 9.50 Å². The lowest BCUT2D eigenvalue weighted by molar-refractivity contribution is -0.384. The molecule has 2 heterocycles. The van der Waals surface area contributed by atoms with Crippen LogP contribution in [0.2, 0.25) is 0 Å². The van der Waals surface area contributed by atoms with Crippen LogP contribution in [0.3, 0.4) is 0 Å². The van der Waals surface area contributed by atoms with Gasteiger partial charge in [-0.1, -0.05) is 54.2 Å². The molecule has 0 unspecified atom stereocenters. The Morgan fingerprint density at radius 3 is 2.73 bits per heavy atom. The Hall–Kier alpha value is -3.26. The summed E-state index contributed by atoms with van der Waals surface area (Å²) >= 11 is 1.52. The molecule has 0 radical (unpaired) electrons. The van der Waals surface area contributed by atoms with Crippen molar-refractivity contribution in [3.05, 3.63) is 82.5 Å². The summed E-state index contributed by atoms with van der Waals surface area (Å²) in [6.07, 6.45) is 1.63. The SMILES string of the molecule is O=[N+]([O-])c1cccc(-c2ccnc3nc(SCc4ccccc4)nn23)c1. The second kappa shape index (κ2) is 6.93. The topological polar surface area (TPSA) is 86.2 Å². The number of non-ortho nitro benzene ring substituents is 1. The fourth-order valence-corrected chi connectivity index (χ4v) is 3.33. The van der Waals surface area contributed by atoms with Gasteiger partial charge in [0.25, 0.3) is 11.5 Å². The highest BCUT2D eigenvalue weighted by molar-refractivity contribution is 7.98. The lowest BCUT2D eigenvalue weighted by atomic mass is 10.1. The molecule has 4 aromatic rings. The van der Waals surface area contributed by atoms with E-state index in [-0.39, 0.29) is 5.69 Å². The second-order valence-corrected chi connectivity index (χ2v) is 6.46. The summed E-state index contributed by atoms with van der Waals surface area (Å²) in [5, 5.41) is 16.2. The molecule has 128 valence electrons. The summed E-state index contributed by atoms with van der Waals surface area (Å²) in [5.74, 6) is 1.22. The van der Waals surface area contributed by atoms with Crippen LogP contribution < -0.4 is 0 Å². The maximum atomic E-state index is 11.0. The first kappa shape index (κ1) is 16.2. The Morgan fingerprint density at radius 2 is 1.92 bits per heavy atom. The highest BCUT2D eigenvalue weighted by Gasteiger charge is 2.13. The standard InChI is InChI=1S/C18H13N5O2S/c24-23(25)15-8-4-7-14(11-15)16-9-10-19-17-20-18(21-22(16)17)26-12-13-5-2-1-3-6-13/h1-11H,12H2. The maximum absolute atomic E-state index is 11.0. The quantitative estimate of drug-likeness (QED) is 0.303. The van der Waals surface area contributed by atoms with Crippen molar-refractivity contribution in [1.82, 2.24) is 19.6 Å². The maximum Gasteiger partial charge on any atom is 0.270 e. The monoisotopic (exact) mass is 363 g/mol. The Kier molecular flexibility index (Phi) is 4.32. The van der Waals surface area contributed by atoms with Crippen molar-refractivity contribution in [3.8, 4) is 11.3 Å². The van der Waals surface area contributed by atoms with Crippen LogP contribution in [-0.2, 0) is 5.75 Å². The van der Waals surface area contributed by atoms with E-state index in [0.29, 0.717) is 22.2 Å². The molecule has 0 saturated heterocycles. The van der Waals surface area contributed by atoms with Gasteiger partial charge in [0.05, 0.1) is 10.6 Å². The molecule has 2 aromatic heterocycles. The summed E-state index contributed by atoms with van der Waals surface area (Å²) in [4.78, 5) is 19.3. The fourth-order valence-electron chi connectivity index (χ4n) is 2.56. The van der Waals surface area contributed by atoms with Crippen molar-refractivity contribution >= 4 is 23.2 Å². The average molecular weight is 363 g/mol. The predicted molar refractivity (Wildman–Crippen MR) is 98.9 cm³/mol. The Morgan fingerprint density at radius 1 is 1.08 bits per heavy atom. The Balaban J connectivity index is 1.67. The summed E-state index contributed by atoms with van der Waals surface area (Å²) in [6.45, 7) is 0. The normalized spacial score (nSPS) is 10.9. The van der Waals surface area contributed by atoms with Crippen LogP contribution in [0.15, 0.2) is 72.0 Å². The number of benzene rings is 2. The van der Waals surface area contributed by atoms with Gasteiger partial charge in [0.1, 0.15) is 0 Å². The molecule has 0 amide bonds. The molecule has 4 rings (SSSR count). The van der Waals surface area contributed by atoms with Crippen LogP contribution in [0, 0.1) is 10.1 Å². The number of nitrogens with zero attached hydrogens (tertiary/aromatic N) is 5. The molecular weight excluding hydrogens is 350 g/mol. The third-order valence-corrected chi connectivity index (χ3v) is 4.69. The Labute approximate surface area is 152 Å². The van der Waals surface area contributed by atoms with Crippen LogP contribution in [0.5, 0.6) is 0 Å². The van der Waals surface area contributed by atoms with Crippen molar-refractivity contribution in [3.63, 3.8) is 0 Å². The first-order chi connectivity index (χ1) is 12.7. The molecule has 0 aliphatic heterocycles. The molecule has 26 heavy (non-hydrogen) atoms. The number of nitro benzene ring substituents is 1. The summed E-state index contributed by atoms with van der Waals surface area (Å²) in [5.41, 5.74) is 2.61. The molecule has 0 spiro atoms. The third kappa shape index (κ3) is 3.27. The van der Waals surface area contributed by atoms with E-state index in [9.17, 15) is 10.1 Å². The Bertz CT molecular complexity index is 1080. The van der Waals surface area contributed by atoms with Crippen molar-refractivity contribution < 1.29 is 4.92 Å². The summed E-state index contributed by atoms with van der Waals surface area (Å²) in [6, 6.07) is 18.3. The molecular formula is C18H13N5O2S. The largest absolute Gasteiger partial charge is 0.270 e. The molecule has 2 aromatic carbocycles. The van der Waals surface area contributed by atoms with Crippen LogP contribution in [-0.4, -0.2) is 24.5 Å². The highest BCUT2D eigenvalue weighted by atomic mass is 32.2. The summed E-state index contributed by atoms with van der Waals surface area (Å²) < 4.78 is 1.62. The van der Waals surface area contributed by atoms with Gasteiger partial charge in [0.15, 0.2) is 0 Å². The van der Waals surface area contributed by atoms with E-state index >= 15 is 0 Å². The molecule has 7 nitrogen and oxygen atoms in total. The van der Waals surface area contributed by atoms with Crippen molar-refractivity contribution in [2.45, 2.75) is 10.9 Å². The number of hydrogen-bond acceptors (Lipinski definition) is 6. The van der Waals surface area contributed by atoms with Crippen molar-refractivity contribution in [1.29, 1.82) is 0 Å². The minimum Gasteiger partial charge on any atom is -0.258 e. The highest BCUT2D eigenvalue weighted by Crippen LogP contribution is 2.25. The number of nitro groups is 1. The predicted octanol–water partition coefficient (Wildman–Crippen LogP) is 3.99. The average Bonchev–Trinajstić information content (AvgIpc) is 3.10. The summed E-state index contributed by atoms with van der Waals surface area (Å²) in [7, 11) is 0. The number of aromatic nitrogens is 4. The third-order valence-electron chi connectivity index (χ3n) is 3.78. The lowest BCUT2D eigenvalue weighted by Gasteiger charge is -2.03. The lowest BCUT2D eigenvalue weighted by Crippen LogP contribution is -1.96. The van der Waals surface area contributed by atoms with E-state index in [1.54, 1.807) is 28.9 Å². The second-order valence-electron chi connectivity index (χ2n) is 5.52. The van der Waals surface area contributed by atoms with Gasteiger partial charge in [0, 0.05) is 29.6 Å². The van der Waals surface area contributed by atoms with Gasteiger partial charge < -0.3 is 0 Å². The molecule has 0 bridgehead atoms. The van der Waals surface area contributed by atoms with E-state index in [2.05, 4.69) is 27.2 Å². The minimum atomic E-state index is -0.412. The van der Waals surface area contributed by atoms with Gasteiger partial charge in [-0.3, -0.25) is 10.1 Å². The molecule has 0 aliphatic rings. The van der Waals surface area contributed by atoms with E-state index in [1.165, 1.54) is 29.5 Å². The van der Waals surface area contributed by atoms with Crippen molar-refractivity contribution in [2.24, 2.45) is 0 Å². The van der Waals surface area contributed by atoms with Gasteiger partial charge in [-0.25, -0.2) is 4.98 Å². The van der Waals surface area contributed by atoms with Gasteiger partial charge >= 0.3 is 0 Å². The zero-order valence-corrected chi connectivity index (χ0v) is 14.3. The van der Waals surface area contributed by atoms with E-state index < -0.39 is 4.92 Å². The first-order valence-electron chi connectivity index (χ1n) is 7.84. The zero-order chi connectivity index (χ0) is 17.9. The molecule has 0 fully saturated rings. The van der Waals surface area contributed by atoms with Gasteiger partial charge in [0.2, 0.25) is 5.16 Å². The van der Waals surface area contributed by atoms with Crippen molar-refractivity contribution in [2.75, 3.05) is 0 Å². The minimum absolute atomic E-state index is 0.0336. The van der Waals surface area contributed by atoms with Gasteiger partial charge in [-0.05, 0) is 11.6 Å². The number of rotatable bonds is 5. The van der Waals surface area contributed by atoms with Crippen LogP contribution >= 0.6 is 11.8 Å². The van der Waals surface area contributed by atoms with E-state index in [4.69, 9.17) is 0 Å². The molecule has 0 N–H and O–H groups in total. The molecule has 8 heteroatoms.